The van der Waals surface area contributed by atoms with E-state index in [1.807, 2.05) is 0 Å². The van der Waals surface area contributed by atoms with Crippen molar-refractivity contribution in [1.29, 1.82) is 0 Å². The Hall–Kier alpha value is -1.89. The summed E-state index contributed by atoms with van der Waals surface area (Å²) >= 11 is 5.74. The van der Waals surface area contributed by atoms with Crippen molar-refractivity contribution in [1.82, 2.24) is 20.1 Å². The summed E-state index contributed by atoms with van der Waals surface area (Å²) in [7, 11) is 0. The number of nitrogen functional groups attached to an aromatic ring is 1. The maximum absolute atomic E-state index is 5.81. The standard InChI is InChI=1S/C9H11ClN6O/c1-5-7(11)8(16-9(10)15-5)12-3-2-6-13-4-14-17-6/h4H,2-3,11H2,1H3,(H,12,15,16). The first kappa shape index (κ1) is 11.6. The third kappa shape index (κ3) is 2.82. The van der Waals surface area contributed by atoms with Gasteiger partial charge in [-0.15, -0.1) is 0 Å². The van der Waals surface area contributed by atoms with E-state index in [1.165, 1.54) is 6.33 Å². The predicted molar refractivity (Wildman–Crippen MR) is 62.7 cm³/mol. The van der Waals surface area contributed by atoms with Crippen molar-refractivity contribution in [3.8, 4) is 0 Å². The third-order valence-corrected chi connectivity index (χ3v) is 2.32. The maximum atomic E-state index is 5.81. The van der Waals surface area contributed by atoms with E-state index in [1.54, 1.807) is 6.92 Å². The number of aryl methyl sites for hydroxylation is 1. The Morgan fingerprint density at radius 1 is 1.47 bits per heavy atom. The fourth-order valence-electron chi connectivity index (χ4n) is 1.28. The molecule has 3 N–H and O–H groups in total. The molecule has 0 radical (unpaired) electrons. The molecule has 90 valence electrons. The Bertz CT molecular complexity index is 500. The van der Waals surface area contributed by atoms with Gasteiger partial charge in [0, 0.05) is 13.0 Å². The van der Waals surface area contributed by atoms with Crippen molar-refractivity contribution in [2.75, 3.05) is 17.6 Å². The first-order valence-electron chi connectivity index (χ1n) is 4.96. The number of nitrogens with one attached hydrogen (secondary N) is 1. The summed E-state index contributed by atoms with van der Waals surface area (Å²) in [5.41, 5.74) is 6.94. The minimum atomic E-state index is 0.164. The Morgan fingerprint density at radius 2 is 2.29 bits per heavy atom. The van der Waals surface area contributed by atoms with E-state index < -0.39 is 0 Å². The number of nitrogens with zero attached hydrogens (tertiary/aromatic N) is 4. The van der Waals surface area contributed by atoms with Gasteiger partial charge in [-0.2, -0.15) is 9.97 Å². The lowest BCUT2D eigenvalue weighted by Crippen LogP contribution is -2.10. The van der Waals surface area contributed by atoms with Gasteiger partial charge in [0.15, 0.2) is 12.1 Å². The Kier molecular flexibility index (Phi) is 3.38. The molecule has 0 atom stereocenters. The van der Waals surface area contributed by atoms with Gasteiger partial charge in [0.25, 0.3) is 0 Å². The molecule has 7 nitrogen and oxygen atoms in total. The summed E-state index contributed by atoms with van der Waals surface area (Å²) in [5, 5.41) is 6.72. The Labute approximate surface area is 102 Å². The number of rotatable bonds is 4. The molecule has 0 fully saturated rings. The molecule has 0 aromatic carbocycles. The highest BCUT2D eigenvalue weighted by Crippen LogP contribution is 2.20. The zero-order chi connectivity index (χ0) is 12.3. The van der Waals surface area contributed by atoms with Crippen LogP contribution in [-0.2, 0) is 6.42 Å². The van der Waals surface area contributed by atoms with Gasteiger partial charge in [0.2, 0.25) is 11.2 Å². The van der Waals surface area contributed by atoms with Gasteiger partial charge >= 0.3 is 0 Å². The average molecular weight is 255 g/mol. The zero-order valence-electron chi connectivity index (χ0n) is 9.14. The second kappa shape index (κ2) is 4.96. The highest BCUT2D eigenvalue weighted by atomic mass is 35.5. The van der Waals surface area contributed by atoms with Crippen molar-refractivity contribution in [3.05, 3.63) is 23.2 Å². The number of halogens is 1. The second-order valence-electron chi connectivity index (χ2n) is 3.35. The summed E-state index contributed by atoms with van der Waals surface area (Å²) in [6.07, 6.45) is 1.94. The van der Waals surface area contributed by atoms with Crippen LogP contribution in [0.1, 0.15) is 11.6 Å². The lowest BCUT2D eigenvalue weighted by Gasteiger charge is -2.08. The zero-order valence-corrected chi connectivity index (χ0v) is 9.90. The second-order valence-corrected chi connectivity index (χ2v) is 3.69. The van der Waals surface area contributed by atoms with Gasteiger partial charge in [-0.1, -0.05) is 5.16 Å². The maximum Gasteiger partial charge on any atom is 0.228 e. The van der Waals surface area contributed by atoms with Crippen LogP contribution >= 0.6 is 11.6 Å². The van der Waals surface area contributed by atoms with Gasteiger partial charge in [-0.3, -0.25) is 0 Å². The van der Waals surface area contributed by atoms with Crippen molar-refractivity contribution in [2.24, 2.45) is 0 Å². The van der Waals surface area contributed by atoms with Crippen LogP contribution in [0.4, 0.5) is 11.5 Å². The summed E-state index contributed by atoms with van der Waals surface area (Å²) in [4.78, 5) is 11.8. The van der Waals surface area contributed by atoms with Gasteiger partial charge in [0.05, 0.1) is 11.4 Å². The van der Waals surface area contributed by atoms with Gasteiger partial charge < -0.3 is 15.6 Å². The van der Waals surface area contributed by atoms with E-state index in [4.69, 9.17) is 21.9 Å². The highest BCUT2D eigenvalue weighted by molar-refractivity contribution is 6.28. The van der Waals surface area contributed by atoms with E-state index >= 15 is 0 Å². The van der Waals surface area contributed by atoms with Crippen molar-refractivity contribution in [3.63, 3.8) is 0 Å². The molecule has 0 bridgehead atoms. The van der Waals surface area contributed by atoms with Crippen LogP contribution in [0.25, 0.3) is 0 Å². The lowest BCUT2D eigenvalue weighted by atomic mass is 10.3. The SMILES string of the molecule is Cc1nc(Cl)nc(NCCc2ncno2)c1N. The molecule has 2 aromatic rings. The summed E-state index contributed by atoms with van der Waals surface area (Å²) in [6, 6.07) is 0. The van der Waals surface area contributed by atoms with Crippen LogP contribution in [-0.4, -0.2) is 26.7 Å². The molecule has 0 saturated carbocycles. The lowest BCUT2D eigenvalue weighted by molar-refractivity contribution is 0.379. The van der Waals surface area contributed by atoms with Crippen LogP contribution in [0.2, 0.25) is 5.28 Å². The van der Waals surface area contributed by atoms with Crippen LogP contribution < -0.4 is 11.1 Å². The summed E-state index contributed by atoms with van der Waals surface area (Å²) < 4.78 is 4.86. The summed E-state index contributed by atoms with van der Waals surface area (Å²) in [5.74, 6) is 1.06. The number of aromatic nitrogens is 4. The Morgan fingerprint density at radius 3 is 3.00 bits per heavy atom. The van der Waals surface area contributed by atoms with Crippen molar-refractivity contribution in [2.45, 2.75) is 13.3 Å². The molecule has 0 saturated heterocycles. The van der Waals surface area contributed by atoms with Crippen molar-refractivity contribution >= 4 is 23.1 Å². The molecule has 0 unspecified atom stereocenters. The Balaban J connectivity index is 1.99. The molecule has 0 amide bonds. The molecule has 0 aliphatic rings. The smallest absolute Gasteiger partial charge is 0.228 e. The quantitative estimate of drug-likeness (QED) is 0.786. The van der Waals surface area contributed by atoms with Crippen LogP contribution in [0, 0.1) is 6.92 Å². The monoisotopic (exact) mass is 254 g/mol. The van der Waals surface area contributed by atoms with E-state index in [9.17, 15) is 0 Å². The minimum absolute atomic E-state index is 0.164. The topological polar surface area (TPSA) is 103 Å². The number of nitrogens with two attached hydrogens (primary N) is 1. The fraction of sp³-hybridized carbons (Fsp3) is 0.333. The van der Waals surface area contributed by atoms with Crippen molar-refractivity contribution < 1.29 is 4.52 Å². The normalized spacial score (nSPS) is 10.5. The van der Waals surface area contributed by atoms with E-state index in [0.29, 0.717) is 36.1 Å². The van der Waals surface area contributed by atoms with E-state index in [0.717, 1.165) is 0 Å². The first-order valence-corrected chi connectivity index (χ1v) is 5.33. The van der Waals surface area contributed by atoms with Gasteiger partial charge in [-0.25, -0.2) is 4.98 Å². The molecule has 2 heterocycles. The molecular weight excluding hydrogens is 244 g/mol. The molecule has 2 aromatic heterocycles. The van der Waals surface area contributed by atoms with E-state index in [-0.39, 0.29) is 5.28 Å². The molecule has 8 heteroatoms. The van der Waals surface area contributed by atoms with Crippen LogP contribution in [0.15, 0.2) is 10.9 Å². The minimum Gasteiger partial charge on any atom is -0.394 e. The molecule has 2 rings (SSSR count). The van der Waals surface area contributed by atoms with Gasteiger partial charge in [0.1, 0.15) is 0 Å². The number of anilines is 2. The predicted octanol–water partition coefficient (Wildman–Crippen LogP) is 1.06. The average Bonchev–Trinajstić information content (AvgIpc) is 2.78. The number of hydrogen-bond acceptors (Lipinski definition) is 7. The fourth-order valence-corrected chi connectivity index (χ4v) is 1.49. The van der Waals surface area contributed by atoms with Crippen LogP contribution in [0.3, 0.4) is 0 Å². The van der Waals surface area contributed by atoms with E-state index in [2.05, 4.69) is 25.4 Å². The highest BCUT2D eigenvalue weighted by Gasteiger charge is 2.07. The first-order chi connectivity index (χ1) is 8.16. The number of hydrogen-bond donors (Lipinski definition) is 2. The largest absolute Gasteiger partial charge is 0.394 e. The summed E-state index contributed by atoms with van der Waals surface area (Å²) in [6.45, 7) is 2.34. The molecule has 0 spiro atoms. The molecule has 0 aliphatic carbocycles. The molecular formula is C9H11ClN6O. The van der Waals surface area contributed by atoms with Gasteiger partial charge in [-0.05, 0) is 18.5 Å². The van der Waals surface area contributed by atoms with Crippen LogP contribution in [0.5, 0.6) is 0 Å². The molecule has 0 aliphatic heterocycles. The molecule has 17 heavy (non-hydrogen) atoms. The third-order valence-electron chi connectivity index (χ3n) is 2.15.